The topological polar surface area (TPSA) is 81.8 Å². The molecule has 0 radical (unpaired) electrons. The molecule has 4 heterocycles. The molecule has 1 amide bonds. The van der Waals surface area contributed by atoms with Crippen LogP contribution >= 0.6 is 0 Å². The number of piperidine rings is 1. The summed E-state index contributed by atoms with van der Waals surface area (Å²) in [6.45, 7) is 1.76. The van der Waals surface area contributed by atoms with E-state index in [0.717, 1.165) is 22.9 Å². The van der Waals surface area contributed by atoms with Crippen molar-refractivity contribution in [2.24, 2.45) is 5.92 Å². The predicted octanol–water partition coefficient (Wildman–Crippen LogP) is 3.13. The molecule has 2 aliphatic rings. The molecule has 1 fully saturated rings. The third-order valence-electron chi connectivity index (χ3n) is 6.79. The van der Waals surface area contributed by atoms with Gasteiger partial charge in [0.25, 0.3) is 11.5 Å². The van der Waals surface area contributed by atoms with Crippen LogP contribution in [-0.2, 0) is 11.3 Å². The maximum atomic E-state index is 12.9. The Balaban J connectivity index is 1.19. The zero-order chi connectivity index (χ0) is 22.5. The van der Waals surface area contributed by atoms with E-state index in [-0.39, 0.29) is 29.9 Å². The molecule has 4 aromatic rings. The van der Waals surface area contributed by atoms with Crippen LogP contribution in [0.4, 0.5) is 0 Å². The van der Waals surface area contributed by atoms with Gasteiger partial charge in [0.1, 0.15) is 11.3 Å². The zero-order valence-electron chi connectivity index (χ0n) is 17.9. The maximum Gasteiger partial charge on any atom is 0.344 e. The normalized spacial score (nSPS) is 19.5. The summed E-state index contributed by atoms with van der Waals surface area (Å²) in [5.74, 6) is 0.821. The summed E-state index contributed by atoms with van der Waals surface area (Å²) in [6, 6.07) is 18.0. The van der Waals surface area contributed by atoms with Gasteiger partial charge in [-0.05, 0) is 42.0 Å². The second kappa shape index (κ2) is 7.62. The highest BCUT2D eigenvalue weighted by atomic mass is 16.5. The summed E-state index contributed by atoms with van der Waals surface area (Å²) in [5, 5.41) is 2.18. The first-order valence-corrected chi connectivity index (χ1v) is 11.1. The number of hydrogen-bond acceptors (Lipinski definition) is 5. The Morgan fingerprint density at radius 1 is 0.939 bits per heavy atom. The number of benzene rings is 2. The summed E-state index contributed by atoms with van der Waals surface area (Å²) in [4.78, 5) is 39.3. The predicted molar refractivity (Wildman–Crippen MR) is 124 cm³/mol. The molecule has 6 rings (SSSR count). The molecule has 0 unspecified atom stereocenters. The van der Waals surface area contributed by atoms with Gasteiger partial charge in [0.05, 0.1) is 5.39 Å². The monoisotopic (exact) mass is 442 g/mol. The van der Waals surface area contributed by atoms with E-state index in [1.54, 1.807) is 36.4 Å². The molecule has 2 aliphatic heterocycles. The number of ether oxygens (including phenoxy) is 1. The van der Waals surface area contributed by atoms with E-state index < -0.39 is 5.63 Å². The number of hydrogen-bond donors (Lipinski definition) is 0. The van der Waals surface area contributed by atoms with Crippen molar-refractivity contribution in [3.05, 3.63) is 87.1 Å². The Kier molecular flexibility index (Phi) is 4.57. The van der Waals surface area contributed by atoms with Crippen LogP contribution in [0.2, 0.25) is 0 Å². The van der Waals surface area contributed by atoms with Crippen LogP contribution < -0.4 is 15.9 Å². The number of pyridine rings is 1. The second-order valence-electron chi connectivity index (χ2n) is 8.88. The SMILES string of the molecule is O=C(COc1ccc2c(c1)oc(=O)c1ccccc12)N1C[C@@H]2C[C@@H](C1)c1cccc(=O)n1C2. The third-order valence-corrected chi connectivity index (χ3v) is 6.79. The van der Waals surface area contributed by atoms with Crippen LogP contribution in [0.5, 0.6) is 5.75 Å². The third kappa shape index (κ3) is 3.40. The average Bonchev–Trinajstić information content (AvgIpc) is 2.83. The van der Waals surface area contributed by atoms with E-state index in [1.807, 2.05) is 33.7 Å². The molecule has 0 N–H and O–H groups in total. The highest BCUT2D eigenvalue weighted by Gasteiger charge is 2.36. The van der Waals surface area contributed by atoms with Crippen LogP contribution in [0, 0.1) is 5.92 Å². The van der Waals surface area contributed by atoms with Crippen molar-refractivity contribution in [2.75, 3.05) is 19.7 Å². The number of carbonyl (C=O) groups excluding carboxylic acids is 1. The molecule has 2 aromatic carbocycles. The minimum atomic E-state index is -0.398. The first-order chi connectivity index (χ1) is 16.1. The van der Waals surface area contributed by atoms with Crippen molar-refractivity contribution in [3.63, 3.8) is 0 Å². The number of carbonyl (C=O) groups is 1. The molecule has 7 heteroatoms. The summed E-state index contributed by atoms with van der Waals surface area (Å²) in [6.07, 6.45) is 0.992. The van der Waals surface area contributed by atoms with Gasteiger partial charge in [0, 0.05) is 48.8 Å². The number of rotatable bonds is 3. The highest BCUT2D eigenvalue weighted by Crippen LogP contribution is 2.35. The molecule has 0 saturated carbocycles. The molecule has 166 valence electrons. The lowest BCUT2D eigenvalue weighted by Crippen LogP contribution is -2.50. The van der Waals surface area contributed by atoms with Gasteiger partial charge >= 0.3 is 5.63 Å². The average molecular weight is 442 g/mol. The van der Waals surface area contributed by atoms with E-state index in [0.29, 0.717) is 36.4 Å². The van der Waals surface area contributed by atoms with Crippen molar-refractivity contribution < 1.29 is 13.9 Å². The summed E-state index contributed by atoms with van der Waals surface area (Å²) >= 11 is 0. The number of likely N-dealkylation sites (tertiary alicyclic amines) is 1. The molecule has 2 aromatic heterocycles. The number of amides is 1. The van der Waals surface area contributed by atoms with Gasteiger partial charge in [-0.15, -0.1) is 0 Å². The fraction of sp³-hybridized carbons (Fsp3) is 0.269. The summed E-state index contributed by atoms with van der Waals surface area (Å²) in [5.41, 5.74) is 1.07. The van der Waals surface area contributed by atoms with Crippen LogP contribution in [0.1, 0.15) is 18.0 Å². The van der Waals surface area contributed by atoms with Gasteiger partial charge in [0.15, 0.2) is 6.61 Å². The van der Waals surface area contributed by atoms with Gasteiger partial charge in [0.2, 0.25) is 0 Å². The fourth-order valence-corrected chi connectivity index (χ4v) is 5.29. The minimum Gasteiger partial charge on any atom is -0.484 e. The Morgan fingerprint density at radius 2 is 1.79 bits per heavy atom. The van der Waals surface area contributed by atoms with Crippen molar-refractivity contribution in [2.45, 2.75) is 18.9 Å². The number of nitrogens with zero attached hydrogens (tertiary/aromatic N) is 2. The maximum absolute atomic E-state index is 12.9. The molecule has 0 aliphatic carbocycles. The fourth-order valence-electron chi connectivity index (χ4n) is 5.29. The van der Waals surface area contributed by atoms with Crippen LogP contribution in [0.15, 0.2) is 74.7 Å². The lowest BCUT2D eigenvalue weighted by molar-refractivity contribution is -0.136. The Labute approximate surface area is 188 Å². The van der Waals surface area contributed by atoms with Crippen molar-refractivity contribution >= 4 is 27.6 Å². The molecule has 33 heavy (non-hydrogen) atoms. The summed E-state index contributed by atoms with van der Waals surface area (Å²) in [7, 11) is 0. The van der Waals surface area contributed by atoms with Crippen LogP contribution in [0.3, 0.4) is 0 Å². The Hall–Kier alpha value is -3.87. The lowest BCUT2D eigenvalue weighted by atomic mass is 9.83. The van der Waals surface area contributed by atoms with Crippen molar-refractivity contribution in [1.29, 1.82) is 0 Å². The highest BCUT2D eigenvalue weighted by molar-refractivity contribution is 6.04. The van der Waals surface area contributed by atoms with E-state index >= 15 is 0 Å². The van der Waals surface area contributed by atoms with Gasteiger partial charge in [-0.25, -0.2) is 4.79 Å². The molecule has 2 bridgehead atoms. The smallest absolute Gasteiger partial charge is 0.344 e. The van der Waals surface area contributed by atoms with E-state index in [4.69, 9.17) is 9.15 Å². The number of aromatic nitrogens is 1. The molecular weight excluding hydrogens is 420 g/mol. The van der Waals surface area contributed by atoms with E-state index in [2.05, 4.69) is 0 Å². The first kappa shape index (κ1) is 19.8. The molecule has 7 nitrogen and oxygen atoms in total. The van der Waals surface area contributed by atoms with Gasteiger partial charge in [-0.3, -0.25) is 9.59 Å². The van der Waals surface area contributed by atoms with E-state index in [1.165, 1.54) is 0 Å². The van der Waals surface area contributed by atoms with Gasteiger partial charge < -0.3 is 18.6 Å². The van der Waals surface area contributed by atoms with Crippen molar-refractivity contribution in [1.82, 2.24) is 9.47 Å². The minimum absolute atomic E-state index is 0.0287. The van der Waals surface area contributed by atoms with E-state index in [9.17, 15) is 14.4 Å². The van der Waals surface area contributed by atoms with Crippen LogP contribution in [-0.4, -0.2) is 35.1 Å². The second-order valence-corrected chi connectivity index (χ2v) is 8.88. The largest absolute Gasteiger partial charge is 0.484 e. The van der Waals surface area contributed by atoms with Crippen molar-refractivity contribution in [3.8, 4) is 5.75 Å². The Morgan fingerprint density at radius 3 is 2.67 bits per heavy atom. The summed E-state index contributed by atoms with van der Waals surface area (Å²) < 4.78 is 13.1. The quantitative estimate of drug-likeness (QED) is 0.360. The Bertz CT molecular complexity index is 1520. The molecule has 1 saturated heterocycles. The standard InChI is InChI=1S/C26H22N2O5/c29-24-7-3-6-22-17-10-16(13-28(22)24)12-27(14-17)25(30)15-32-18-8-9-20-19-4-1-2-5-21(19)26(31)33-23(20)11-18/h1-9,11,16-17H,10,12-15H2/t16-,17-/m0/s1. The van der Waals surface area contributed by atoms with Gasteiger partial charge in [-0.2, -0.15) is 0 Å². The lowest BCUT2D eigenvalue weighted by Gasteiger charge is -2.42. The molecule has 0 spiro atoms. The molecule has 2 atom stereocenters. The zero-order valence-corrected chi connectivity index (χ0v) is 17.9. The molecular formula is C26H22N2O5. The first-order valence-electron chi connectivity index (χ1n) is 11.1. The van der Waals surface area contributed by atoms with Gasteiger partial charge in [-0.1, -0.05) is 24.3 Å². The van der Waals surface area contributed by atoms with Crippen LogP contribution in [0.25, 0.3) is 21.7 Å². The number of fused-ring (bicyclic) bond motifs is 7.